The standard InChI is InChI=1S/C15H21N3O/c1-11-6-12(2)15(13(3)7-11)9-16-14-8-17-18(10-14)4-5-19/h6-8,10,16,19H,4-5,9H2,1-3H3. The summed E-state index contributed by atoms with van der Waals surface area (Å²) in [7, 11) is 0. The SMILES string of the molecule is Cc1cc(C)c(CNc2cnn(CCO)c2)c(C)c1. The van der Waals surface area contributed by atoms with Crippen LogP contribution in [0.4, 0.5) is 5.69 Å². The van der Waals surface area contributed by atoms with Gasteiger partial charge in [0.05, 0.1) is 25.0 Å². The van der Waals surface area contributed by atoms with Crippen LogP contribution in [0.25, 0.3) is 0 Å². The predicted molar refractivity (Wildman–Crippen MR) is 77.3 cm³/mol. The van der Waals surface area contributed by atoms with Crippen LogP contribution >= 0.6 is 0 Å². The van der Waals surface area contributed by atoms with Gasteiger partial charge in [0.15, 0.2) is 0 Å². The molecule has 0 atom stereocenters. The molecular weight excluding hydrogens is 238 g/mol. The van der Waals surface area contributed by atoms with Crippen molar-refractivity contribution in [1.29, 1.82) is 0 Å². The lowest BCUT2D eigenvalue weighted by Gasteiger charge is -2.12. The van der Waals surface area contributed by atoms with Crippen molar-refractivity contribution < 1.29 is 5.11 Å². The summed E-state index contributed by atoms with van der Waals surface area (Å²) in [5.41, 5.74) is 6.24. The maximum Gasteiger partial charge on any atom is 0.0729 e. The Morgan fingerprint density at radius 1 is 1.21 bits per heavy atom. The molecule has 0 bridgehead atoms. The second-order valence-corrected chi connectivity index (χ2v) is 4.95. The number of benzene rings is 1. The lowest BCUT2D eigenvalue weighted by Crippen LogP contribution is -2.04. The van der Waals surface area contributed by atoms with E-state index in [-0.39, 0.29) is 6.61 Å². The zero-order chi connectivity index (χ0) is 13.8. The smallest absolute Gasteiger partial charge is 0.0729 e. The second kappa shape index (κ2) is 5.89. The fraction of sp³-hybridized carbons (Fsp3) is 0.400. The molecule has 1 heterocycles. The summed E-state index contributed by atoms with van der Waals surface area (Å²) in [5.74, 6) is 0. The fourth-order valence-corrected chi connectivity index (χ4v) is 2.36. The zero-order valence-electron chi connectivity index (χ0n) is 11.8. The summed E-state index contributed by atoms with van der Waals surface area (Å²) in [4.78, 5) is 0. The first-order chi connectivity index (χ1) is 9.10. The van der Waals surface area contributed by atoms with Crippen LogP contribution in [0.15, 0.2) is 24.5 Å². The van der Waals surface area contributed by atoms with Gasteiger partial charge in [-0.25, -0.2) is 0 Å². The van der Waals surface area contributed by atoms with Crippen LogP contribution in [0.1, 0.15) is 22.3 Å². The van der Waals surface area contributed by atoms with Gasteiger partial charge in [-0.2, -0.15) is 5.10 Å². The molecular formula is C15H21N3O. The van der Waals surface area contributed by atoms with E-state index in [1.165, 1.54) is 22.3 Å². The van der Waals surface area contributed by atoms with Crippen LogP contribution in [0.3, 0.4) is 0 Å². The number of aliphatic hydroxyl groups excluding tert-OH is 1. The van der Waals surface area contributed by atoms with E-state index in [2.05, 4.69) is 43.3 Å². The lowest BCUT2D eigenvalue weighted by atomic mass is 10.00. The van der Waals surface area contributed by atoms with Gasteiger partial charge in [-0.1, -0.05) is 17.7 Å². The quantitative estimate of drug-likeness (QED) is 0.867. The number of hydrogen-bond donors (Lipinski definition) is 2. The first-order valence-corrected chi connectivity index (χ1v) is 6.54. The molecule has 0 aliphatic heterocycles. The number of aryl methyl sites for hydroxylation is 3. The van der Waals surface area contributed by atoms with Crippen molar-refractivity contribution in [3.8, 4) is 0 Å². The van der Waals surface area contributed by atoms with Crippen molar-refractivity contribution in [3.05, 3.63) is 46.8 Å². The molecule has 0 radical (unpaired) electrons. The van der Waals surface area contributed by atoms with E-state index in [1.807, 2.05) is 6.20 Å². The average Bonchev–Trinajstić information content (AvgIpc) is 2.76. The molecule has 0 aliphatic rings. The third kappa shape index (κ3) is 3.35. The zero-order valence-corrected chi connectivity index (χ0v) is 11.8. The number of aromatic nitrogens is 2. The van der Waals surface area contributed by atoms with E-state index >= 15 is 0 Å². The van der Waals surface area contributed by atoms with Crippen LogP contribution < -0.4 is 5.32 Å². The van der Waals surface area contributed by atoms with Gasteiger partial charge in [0.2, 0.25) is 0 Å². The molecule has 2 aromatic rings. The van der Waals surface area contributed by atoms with E-state index in [0.717, 1.165) is 12.2 Å². The molecule has 0 fully saturated rings. The normalized spacial score (nSPS) is 10.7. The molecule has 2 N–H and O–H groups in total. The molecule has 1 aromatic heterocycles. The number of anilines is 1. The Labute approximate surface area is 114 Å². The van der Waals surface area contributed by atoms with Gasteiger partial charge in [0.25, 0.3) is 0 Å². The lowest BCUT2D eigenvalue weighted by molar-refractivity contribution is 0.269. The minimum atomic E-state index is 0.108. The van der Waals surface area contributed by atoms with Crippen molar-refractivity contribution in [1.82, 2.24) is 9.78 Å². The van der Waals surface area contributed by atoms with Gasteiger partial charge >= 0.3 is 0 Å². The third-order valence-electron chi connectivity index (χ3n) is 3.27. The summed E-state index contributed by atoms with van der Waals surface area (Å²) in [6.45, 7) is 7.85. The maximum absolute atomic E-state index is 8.85. The highest BCUT2D eigenvalue weighted by Gasteiger charge is 2.04. The topological polar surface area (TPSA) is 50.1 Å². The summed E-state index contributed by atoms with van der Waals surface area (Å²) in [5, 5.41) is 16.4. The van der Waals surface area contributed by atoms with Crippen molar-refractivity contribution in [2.75, 3.05) is 11.9 Å². The third-order valence-corrected chi connectivity index (χ3v) is 3.27. The molecule has 0 spiro atoms. The number of aliphatic hydroxyl groups is 1. The van der Waals surface area contributed by atoms with Crippen molar-refractivity contribution in [3.63, 3.8) is 0 Å². The number of nitrogens with zero attached hydrogens (tertiary/aromatic N) is 2. The Morgan fingerprint density at radius 2 is 1.89 bits per heavy atom. The van der Waals surface area contributed by atoms with E-state index in [4.69, 9.17) is 5.11 Å². The molecule has 0 amide bonds. The van der Waals surface area contributed by atoms with Crippen LogP contribution in [-0.4, -0.2) is 21.5 Å². The highest BCUT2D eigenvalue weighted by atomic mass is 16.3. The van der Waals surface area contributed by atoms with Gasteiger partial charge in [-0.05, 0) is 37.5 Å². The van der Waals surface area contributed by atoms with Gasteiger partial charge in [0, 0.05) is 12.7 Å². The fourth-order valence-electron chi connectivity index (χ4n) is 2.36. The number of nitrogens with one attached hydrogen (secondary N) is 1. The largest absolute Gasteiger partial charge is 0.394 e. The Bertz CT molecular complexity index is 537. The van der Waals surface area contributed by atoms with Gasteiger partial charge in [-0.15, -0.1) is 0 Å². The first kappa shape index (κ1) is 13.6. The number of hydrogen-bond acceptors (Lipinski definition) is 3. The summed E-state index contributed by atoms with van der Waals surface area (Å²) in [6.07, 6.45) is 3.70. The Kier molecular flexibility index (Phi) is 4.22. The minimum Gasteiger partial charge on any atom is -0.394 e. The summed E-state index contributed by atoms with van der Waals surface area (Å²) in [6, 6.07) is 4.42. The predicted octanol–water partition coefficient (Wildman–Crippen LogP) is 2.41. The van der Waals surface area contributed by atoms with Crippen LogP contribution in [0.5, 0.6) is 0 Å². The van der Waals surface area contributed by atoms with E-state index in [1.54, 1.807) is 10.9 Å². The summed E-state index contributed by atoms with van der Waals surface area (Å²) < 4.78 is 1.73. The van der Waals surface area contributed by atoms with Gasteiger partial charge in [0.1, 0.15) is 0 Å². The average molecular weight is 259 g/mol. The highest BCUT2D eigenvalue weighted by Crippen LogP contribution is 2.18. The summed E-state index contributed by atoms with van der Waals surface area (Å²) >= 11 is 0. The van der Waals surface area contributed by atoms with E-state index in [0.29, 0.717) is 6.54 Å². The molecule has 4 nitrogen and oxygen atoms in total. The first-order valence-electron chi connectivity index (χ1n) is 6.54. The molecule has 4 heteroatoms. The highest BCUT2D eigenvalue weighted by molar-refractivity contribution is 5.43. The Morgan fingerprint density at radius 3 is 2.53 bits per heavy atom. The monoisotopic (exact) mass is 259 g/mol. The minimum absolute atomic E-state index is 0.108. The van der Waals surface area contributed by atoms with Crippen molar-refractivity contribution >= 4 is 5.69 Å². The Balaban J connectivity index is 2.05. The van der Waals surface area contributed by atoms with Crippen LogP contribution in [0, 0.1) is 20.8 Å². The van der Waals surface area contributed by atoms with Crippen molar-refractivity contribution in [2.24, 2.45) is 0 Å². The molecule has 102 valence electrons. The molecule has 0 aliphatic carbocycles. The number of rotatable bonds is 5. The molecule has 0 unspecified atom stereocenters. The molecule has 2 rings (SSSR count). The van der Waals surface area contributed by atoms with Gasteiger partial charge < -0.3 is 10.4 Å². The molecule has 0 saturated carbocycles. The van der Waals surface area contributed by atoms with Crippen LogP contribution in [-0.2, 0) is 13.1 Å². The van der Waals surface area contributed by atoms with Crippen molar-refractivity contribution in [2.45, 2.75) is 33.9 Å². The molecule has 19 heavy (non-hydrogen) atoms. The maximum atomic E-state index is 8.85. The Hall–Kier alpha value is -1.81. The van der Waals surface area contributed by atoms with Crippen LogP contribution in [0.2, 0.25) is 0 Å². The molecule has 1 aromatic carbocycles. The van der Waals surface area contributed by atoms with Gasteiger partial charge in [-0.3, -0.25) is 4.68 Å². The second-order valence-electron chi connectivity index (χ2n) is 4.95. The van der Waals surface area contributed by atoms with E-state index in [9.17, 15) is 0 Å². The molecule has 0 saturated heterocycles. The van der Waals surface area contributed by atoms with E-state index < -0.39 is 0 Å².